The van der Waals surface area contributed by atoms with E-state index in [4.69, 9.17) is 4.74 Å². The van der Waals surface area contributed by atoms with Crippen LogP contribution in [-0.4, -0.2) is 50.1 Å². The van der Waals surface area contributed by atoms with Crippen LogP contribution in [0.1, 0.15) is 19.4 Å². The van der Waals surface area contributed by atoms with Crippen molar-refractivity contribution in [3.63, 3.8) is 0 Å². The number of para-hydroxylation sites is 1. The first-order valence-corrected chi connectivity index (χ1v) is 10.2. The first-order chi connectivity index (χ1) is 12.0. The predicted octanol–water partition coefficient (Wildman–Crippen LogP) is 1.97. The van der Waals surface area contributed by atoms with E-state index in [9.17, 15) is 8.42 Å². The van der Waals surface area contributed by atoms with Crippen molar-refractivity contribution in [3.8, 4) is 0 Å². The number of pyridine rings is 1. The Balaban J connectivity index is 1.78. The SMILES string of the molecule is CCN(CC)S(=O)(=O)N[C@@H]1COC[C@H]1Cc1ccnc2ccccc12. The van der Waals surface area contributed by atoms with E-state index in [1.807, 2.05) is 44.3 Å². The normalized spacial score (nSPS) is 21.2. The van der Waals surface area contributed by atoms with Crippen LogP contribution in [0.25, 0.3) is 10.9 Å². The molecule has 1 aliphatic rings. The number of benzene rings is 1. The van der Waals surface area contributed by atoms with Gasteiger partial charge in [0.25, 0.3) is 10.2 Å². The van der Waals surface area contributed by atoms with Crippen LogP contribution in [0, 0.1) is 5.92 Å². The van der Waals surface area contributed by atoms with E-state index in [0.717, 1.165) is 17.3 Å². The maximum absolute atomic E-state index is 12.5. The zero-order valence-electron chi connectivity index (χ0n) is 14.7. The van der Waals surface area contributed by atoms with Gasteiger partial charge in [-0.05, 0) is 24.1 Å². The molecule has 0 radical (unpaired) electrons. The summed E-state index contributed by atoms with van der Waals surface area (Å²) >= 11 is 0. The molecule has 1 saturated heterocycles. The Bertz CT molecular complexity index is 816. The Labute approximate surface area is 149 Å². The van der Waals surface area contributed by atoms with E-state index < -0.39 is 10.2 Å². The standard InChI is InChI=1S/C18H25N3O3S/c1-3-21(4-2)25(22,23)20-18-13-24-12-15(18)11-14-9-10-19-17-8-6-5-7-16(14)17/h5-10,15,18,20H,3-4,11-13H2,1-2H3/t15-,18-/m1/s1. The first kappa shape index (κ1) is 18.3. The van der Waals surface area contributed by atoms with Crippen LogP contribution in [0.2, 0.25) is 0 Å². The summed E-state index contributed by atoms with van der Waals surface area (Å²) in [6.07, 6.45) is 2.57. The third-order valence-corrected chi connectivity index (χ3v) is 6.56. The Morgan fingerprint density at radius 1 is 1.20 bits per heavy atom. The molecule has 0 saturated carbocycles. The lowest BCUT2D eigenvalue weighted by Gasteiger charge is -2.24. The molecule has 1 aromatic carbocycles. The van der Waals surface area contributed by atoms with Crippen LogP contribution in [0.4, 0.5) is 0 Å². The number of hydrogen-bond donors (Lipinski definition) is 1. The molecule has 0 aliphatic carbocycles. The smallest absolute Gasteiger partial charge is 0.279 e. The lowest BCUT2D eigenvalue weighted by molar-refractivity contribution is 0.183. The summed E-state index contributed by atoms with van der Waals surface area (Å²) in [6, 6.07) is 9.82. The van der Waals surface area contributed by atoms with Crippen molar-refractivity contribution in [2.45, 2.75) is 26.3 Å². The highest BCUT2D eigenvalue weighted by Gasteiger charge is 2.33. The highest BCUT2D eigenvalue weighted by Crippen LogP contribution is 2.24. The summed E-state index contributed by atoms with van der Waals surface area (Å²) in [5.41, 5.74) is 2.13. The number of aromatic nitrogens is 1. The molecule has 0 spiro atoms. The van der Waals surface area contributed by atoms with E-state index >= 15 is 0 Å². The minimum atomic E-state index is -3.48. The molecular weight excluding hydrogens is 338 g/mol. The van der Waals surface area contributed by atoms with E-state index in [1.165, 1.54) is 9.87 Å². The second-order valence-electron chi connectivity index (χ2n) is 6.30. The molecular formula is C18H25N3O3S. The molecule has 1 aromatic heterocycles. The van der Waals surface area contributed by atoms with Gasteiger partial charge in [0.05, 0.1) is 24.8 Å². The molecule has 1 N–H and O–H groups in total. The number of hydrogen-bond acceptors (Lipinski definition) is 4. The first-order valence-electron chi connectivity index (χ1n) is 8.73. The van der Waals surface area contributed by atoms with Gasteiger partial charge in [-0.1, -0.05) is 32.0 Å². The molecule has 0 unspecified atom stereocenters. The third kappa shape index (κ3) is 4.00. The number of rotatable bonds is 7. The van der Waals surface area contributed by atoms with Gasteiger partial charge in [-0.3, -0.25) is 4.98 Å². The summed E-state index contributed by atoms with van der Waals surface area (Å²) in [6.45, 7) is 5.57. The van der Waals surface area contributed by atoms with Crippen LogP contribution in [0.3, 0.4) is 0 Å². The lowest BCUT2D eigenvalue weighted by Crippen LogP contribution is -2.48. The molecule has 7 heteroatoms. The molecule has 2 heterocycles. The third-order valence-electron chi connectivity index (χ3n) is 4.77. The van der Waals surface area contributed by atoms with Gasteiger partial charge in [-0.2, -0.15) is 17.4 Å². The highest BCUT2D eigenvalue weighted by atomic mass is 32.2. The number of ether oxygens (including phenoxy) is 1. The zero-order valence-corrected chi connectivity index (χ0v) is 15.5. The van der Waals surface area contributed by atoms with Gasteiger partial charge in [0.2, 0.25) is 0 Å². The van der Waals surface area contributed by atoms with E-state index in [1.54, 1.807) is 0 Å². The van der Waals surface area contributed by atoms with Crippen LogP contribution in [0.15, 0.2) is 36.5 Å². The molecule has 2 atom stereocenters. The molecule has 6 nitrogen and oxygen atoms in total. The second-order valence-corrected chi connectivity index (χ2v) is 8.00. The fraction of sp³-hybridized carbons (Fsp3) is 0.500. The highest BCUT2D eigenvalue weighted by molar-refractivity contribution is 7.87. The summed E-state index contributed by atoms with van der Waals surface area (Å²) in [5.74, 6) is 0.108. The van der Waals surface area contributed by atoms with Crippen LogP contribution in [-0.2, 0) is 21.4 Å². The maximum atomic E-state index is 12.5. The van der Waals surface area contributed by atoms with Gasteiger partial charge in [0, 0.05) is 30.6 Å². The van der Waals surface area contributed by atoms with Gasteiger partial charge in [-0.15, -0.1) is 0 Å². The van der Waals surface area contributed by atoms with Gasteiger partial charge in [0.1, 0.15) is 0 Å². The minimum Gasteiger partial charge on any atom is -0.379 e. The number of fused-ring (bicyclic) bond motifs is 1. The van der Waals surface area contributed by atoms with Gasteiger partial charge < -0.3 is 4.74 Å². The molecule has 3 rings (SSSR count). The summed E-state index contributed by atoms with van der Waals surface area (Å²) in [4.78, 5) is 4.39. The summed E-state index contributed by atoms with van der Waals surface area (Å²) in [5, 5.41) is 1.11. The second kappa shape index (κ2) is 7.78. The largest absolute Gasteiger partial charge is 0.379 e. The summed E-state index contributed by atoms with van der Waals surface area (Å²) < 4.78 is 34.9. The predicted molar refractivity (Wildman–Crippen MR) is 98.5 cm³/mol. The quantitative estimate of drug-likeness (QED) is 0.816. The fourth-order valence-corrected chi connectivity index (χ4v) is 4.85. The zero-order chi connectivity index (χ0) is 17.9. The van der Waals surface area contributed by atoms with Crippen molar-refractivity contribution in [1.82, 2.24) is 14.0 Å². The van der Waals surface area contributed by atoms with Crippen molar-refractivity contribution in [2.75, 3.05) is 26.3 Å². The van der Waals surface area contributed by atoms with Gasteiger partial charge in [-0.25, -0.2) is 0 Å². The topological polar surface area (TPSA) is 71.5 Å². The average molecular weight is 363 g/mol. The molecule has 136 valence electrons. The van der Waals surface area contributed by atoms with Crippen LogP contribution < -0.4 is 4.72 Å². The van der Waals surface area contributed by atoms with E-state index in [2.05, 4.69) is 15.8 Å². The Morgan fingerprint density at radius 3 is 2.72 bits per heavy atom. The number of nitrogens with zero attached hydrogens (tertiary/aromatic N) is 2. The lowest BCUT2D eigenvalue weighted by atomic mass is 9.93. The Hall–Kier alpha value is -1.54. The van der Waals surface area contributed by atoms with E-state index in [-0.39, 0.29) is 12.0 Å². The Kier molecular flexibility index (Phi) is 5.68. The van der Waals surface area contributed by atoms with Gasteiger partial charge in [0.15, 0.2) is 0 Å². The number of nitrogens with one attached hydrogen (secondary N) is 1. The van der Waals surface area contributed by atoms with E-state index in [0.29, 0.717) is 26.3 Å². The van der Waals surface area contributed by atoms with Crippen molar-refractivity contribution in [3.05, 3.63) is 42.1 Å². The molecule has 1 aliphatic heterocycles. The molecule has 1 fully saturated rings. The molecule has 0 amide bonds. The Morgan fingerprint density at radius 2 is 1.96 bits per heavy atom. The maximum Gasteiger partial charge on any atom is 0.279 e. The van der Waals surface area contributed by atoms with Gasteiger partial charge >= 0.3 is 0 Å². The average Bonchev–Trinajstić information content (AvgIpc) is 3.02. The van der Waals surface area contributed by atoms with Crippen LogP contribution >= 0.6 is 0 Å². The van der Waals surface area contributed by atoms with Crippen molar-refractivity contribution in [2.24, 2.45) is 5.92 Å². The molecule has 0 bridgehead atoms. The minimum absolute atomic E-state index is 0.108. The fourth-order valence-electron chi connectivity index (χ4n) is 3.37. The summed E-state index contributed by atoms with van der Waals surface area (Å²) in [7, 11) is -3.48. The van der Waals surface area contributed by atoms with Crippen molar-refractivity contribution >= 4 is 21.1 Å². The van der Waals surface area contributed by atoms with Crippen molar-refractivity contribution in [1.29, 1.82) is 0 Å². The molecule has 25 heavy (non-hydrogen) atoms. The van der Waals surface area contributed by atoms with Crippen molar-refractivity contribution < 1.29 is 13.2 Å². The molecule has 2 aromatic rings. The monoisotopic (exact) mass is 363 g/mol. The van der Waals surface area contributed by atoms with Crippen LogP contribution in [0.5, 0.6) is 0 Å².